The number of carbonyl (C=O) groups is 1. The Hall–Kier alpha value is -2.32. The van der Waals surface area contributed by atoms with Crippen molar-refractivity contribution < 1.29 is 9.53 Å². The molecule has 1 aromatic carbocycles. The second-order valence-electron chi connectivity index (χ2n) is 5.36. The molecule has 0 fully saturated rings. The third-order valence-electron chi connectivity index (χ3n) is 3.84. The molecule has 0 radical (unpaired) electrons. The average molecular weight is 377 g/mol. The Morgan fingerprint density at radius 3 is 2.68 bits per heavy atom. The minimum atomic E-state index is -0.195. The van der Waals surface area contributed by atoms with Gasteiger partial charge in [-0.3, -0.25) is 4.79 Å². The van der Waals surface area contributed by atoms with Gasteiger partial charge in [-0.2, -0.15) is 0 Å². The molecule has 6 nitrogen and oxygen atoms in total. The van der Waals surface area contributed by atoms with Crippen molar-refractivity contribution in [3.05, 3.63) is 29.1 Å². The number of rotatable bonds is 6. The topological polar surface area (TPSA) is 80.5 Å². The number of hydrogen-bond donors (Lipinski definition) is 2. The lowest BCUT2D eigenvalue weighted by atomic mass is 10.2. The zero-order valence-corrected chi connectivity index (χ0v) is 16.0. The van der Waals surface area contributed by atoms with Crippen LogP contribution in [0, 0.1) is 0 Å². The summed E-state index contributed by atoms with van der Waals surface area (Å²) in [6, 6.07) is 7.06. The summed E-state index contributed by atoms with van der Waals surface area (Å²) in [5.41, 5.74) is 6.96. The van der Waals surface area contributed by atoms with E-state index in [1.165, 1.54) is 11.3 Å². The molecule has 0 saturated carbocycles. The summed E-state index contributed by atoms with van der Waals surface area (Å²) < 4.78 is 6.20. The number of hydrogen-bond acceptors (Lipinski definition) is 7. The second kappa shape index (κ2) is 7.28. The van der Waals surface area contributed by atoms with Gasteiger partial charge in [-0.25, -0.2) is 4.98 Å². The normalized spacial score (nSPS) is 10.8. The zero-order chi connectivity index (χ0) is 18.0. The Morgan fingerprint density at radius 1 is 1.28 bits per heavy atom. The first-order chi connectivity index (χ1) is 12.0. The lowest BCUT2D eigenvalue weighted by molar-refractivity contribution is 0.103. The van der Waals surface area contributed by atoms with Crippen LogP contribution in [0.5, 0.6) is 5.75 Å². The highest BCUT2D eigenvalue weighted by Crippen LogP contribution is 2.35. The number of thiophene rings is 1. The quantitative estimate of drug-likeness (QED) is 0.635. The van der Waals surface area contributed by atoms with E-state index < -0.39 is 0 Å². The number of nitrogens with zero attached hydrogens (tertiary/aromatic N) is 2. The minimum Gasteiger partial charge on any atom is -0.497 e. The van der Waals surface area contributed by atoms with E-state index in [-0.39, 0.29) is 5.91 Å². The number of amides is 1. The minimum absolute atomic E-state index is 0.195. The molecule has 132 valence electrons. The smallest absolute Gasteiger partial charge is 0.265 e. The molecule has 8 heteroatoms. The van der Waals surface area contributed by atoms with Gasteiger partial charge in [0.1, 0.15) is 10.6 Å². The molecule has 0 atom stereocenters. The monoisotopic (exact) mass is 376 g/mol. The molecule has 1 amide bonds. The lowest BCUT2D eigenvalue weighted by Gasteiger charge is -2.16. The second-order valence-corrected chi connectivity index (χ2v) is 7.40. The molecule has 0 aliphatic heterocycles. The van der Waals surface area contributed by atoms with Crippen LogP contribution in [-0.2, 0) is 0 Å². The number of fused-ring (bicyclic) bond motifs is 1. The number of aromatic nitrogens is 1. The molecule has 3 aromatic rings. The number of anilines is 3. The summed E-state index contributed by atoms with van der Waals surface area (Å²) in [7, 11) is 1.57. The van der Waals surface area contributed by atoms with Gasteiger partial charge in [0, 0.05) is 19.2 Å². The molecule has 3 N–H and O–H groups in total. The summed E-state index contributed by atoms with van der Waals surface area (Å²) >= 11 is 3.00. The number of nitrogens with two attached hydrogens (primary N) is 1. The van der Waals surface area contributed by atoms with Crippen LogP contribution in [0.15, 0.2) is 24.3 Å². The van der Waals surface area contributed by atoms with Gasteiger partial charge in [-0.1, -0.05) is 11.3 Å². The van der Waals surface area contributed by atoms with Crippen LogP contribution in [0.4, 0.5) is 16.5 Å². The molecule has 0 bridgehead atoms. The van der Waals surface area contributed by atoms with Crippen molar-refractivity contribution in [2.24, 2.45) is 0 Å². The van der Waals surface area contributed by atoms with Crippen molar-refractivity contribution in [2.45, 2.75) is 13.8 Å². The third-order valence-corrected chi connectivity index (χ3v) is 6.06. The molecule has 2 heterocycles. The first-order valence-corrected chi connectivity index (χ1v) is 9.59. The van der Waals surface area contributed by atoms with Crippen molar-refractivity contribution >= 4 is 54.6 Å². The van der Waals surface area contributed by atoms with Gasteiger partial charge in [-0.15, -0.1) is 11.3 Å². The van der Waals surface area contributed by atoms with Gasteiger partial charge < -0.3 is 20.7 Å². The molecule has 0 saturated heterocycles. The van der Waals surface area contributed by atoms with Gasteiger partial charge >= 0.3 is 0 Å². The number of nitrogens with one attached hydrogen (secondary N) is 1. The maximum Gasteiger partial charge on any atom is 0.265 e. The SMILES string of the molecule is CCN(CC)c1nc2sc(C(=O)Nc3cc(OC)ccc3N)cc2s1. The molecular weight excluding hydrogens is 356 g/mol. The number of methoxy groups -OCH3 is 1. The Labute approximate surface area is 154 Å². The number of benzene rings is 1. The van der Waals surface area contributed by atoms with Crippen LogP contribution < -0.4 is 20.7 Å². The molecule has 0 aliphatic rings. The molecule has 2 aromatic heterocycles. The fourth-order valence-electron chi connectivity index (χ4n) is 2.42. The van der Waals surface area contributed by atoms with E-state index in [9.17, 15) is 4.79 Å². The summed E-state index contributed by atoms with van der Waals surface area (Å²) in [6.45, 7) is 6.05. The number of nitrogen functional groups attached to an aromatic ring is 1. The highest BCUT2D eigenvalue weighted by atomic mass is 32.1. The van der Waals surface area contributed by atoms with E-state index >= 15 is 0 Å². The van der Waals surface area contributed by atoms with Crippen molar-refractivity contribution in [1.29, 1.82) is 0 Å². The molecule has 0 aliphatic carbocycles. The van der Waals surface area contributed by atoms with Crippen LogP contribution in [-0.4, -0.2) is 31.1 Å². The first-order valence-electron chi connectivity index (χ1n) is 7.95. The first kappa shape index (κ1) is 17.5. The van der Waals surface area contributed by atoms with Gasteiger partial charge in [0.2, 0.25) is 0 Å². The fourth-order valence-corrected chi connectivity index (χ4v) is 4.65. The Balaban J connectivity index is 1.82. The van der Waals surface area contributed by atoms with Crippen LogP contribution in [0.3, 0.4) is 0 Å². The lowest BCUT2D eigenvalue weighted by Crippen LogP contribution is -2.21. The molecule has 0 spiro atoms. The van der Waals surface area contributed by atoms with Crippen molar-refractivity contribution in [3.8, 4) is 5.75 Å². The maximum atomic E-state index is 12.5. The number of carbonyl (C=O) groups excluding carboxylic acids is 1. The average Bonchev–Trinajstić information content (AvgIpc) is 3.17. The predicted octanol–water partition coefficient (Wildman–Crippen LogP) is 4.05. The molecule has 25 heavy (non-hydrogen) atoms. The Kier molecular flexibility index (Phi) is 5.10. The van der Waals surface area contributed by atoms with Gasteiger partial charge in [0.05, 0.1) is 28.1 Å². The van der Waals surface area contributed by atoms with Crippen molar-refractivity contribution in [3.63, 3.8) is 0 Å². The third kappa shape index (κ3) is 3.54. The van der Waals surface area contributed by atoms with E-state index in [4.69, 9.17) is 10.5 Å². The van der Waals surface area contributed by atoms with Crippen molar-refractivity contribution in [1.82, 2.24) is 4.98 Å². The summed E-state index contributed by atoms with van der Waals surface area (Å²) in [5.74, 6) is 0.446. The largest absolute Gasteiger partial charge is 0.497 e. The highest BCUT2D eigenvalue weighted by molar-refractivity contribution is 7.29. The standard InChI is InChI=1S/C17H20N4O2S2/c1-4-21(5-2)17-20-16-14(25-17)9-13(24-16)15(22)19-12-8-10(23-3)6-7-11(12)18/h6-9H,4-5,18H2,1-3H3,(H,19,22). The fraction of sp³-hybridized carbons (Fsp3) is 0.294. The number of ether oxygens (including phenoxy) is 1. The van der Waals surface area contributed by atoms with Gasteiger partial charge in [0.15, 0.2) is 5.13 Å². The summed E-state index contributed by atoms with van der Waals surface area (Å²) in [5, 5.41) is 3.84. The molecular formula is C17H20N4O2S2. The predicted molar refractivity (Wildman–Crippen MR) is 106 cm³/mol. The zero-order valence-electron chi connectivity index (χ0n) is 14.3. The van der Waals surface area contributed by atoms with Crippen LogP contribution in [0.1, 0.15) is 23.5 Å². The summed E-state index contributed by atoms with van der Waals surface area (Å²) in [6.07, 6.45) is 0. The molecule has 3 rings (SSSR count). The van der Waals surface area contributed by atoms with Crippen LogP contribution in [0.25, 0.3) is 9.53 Å². The van der Waals surface area contributed by atoms with Gasteiger partial charge in [0.25, 0.3) is 5.91 Å². The van der Waals surface area contributed by atoms with E-state index in [0.717, 1.165) is 27.8 Å². The molecule has 0 unspecified atom stereocenters. The van der Waals surface area contributed by atoms with Crippen LogP contribution >= 0.6 is 22.7 Å². The van der Waals surface area contributed by atoms with E-state index in [1.807, 2.05) is 6.07 Å². The Morgan fingerprint density at radius 2 is 2.04 bits per heavy atom. The van der Waals surface area contributed by atoms with E-state index in [2.05, 4.69) is 29.0 Å². The summed E-state index contributed by atoms with van der Waals surface area (Å²) in [4.78, 5) is 20.9. The van der Waals surface area contributed by atoms with E-state index in [1.54, 1.807) is 36.6 Å². The number of thiazole rings is 1. The van der Waals surface area contributed by atoms with Crippen LogP contribution in [0.2, 0.25) is 0 Å². The maximum absolute atomic E-state index is 12.5. The Bertz CT molecular complexity index is 868. The van der Waals surface area contributed by atoms with Gasteiger partial charge in [-0.05, 0) is 32.0 Å². The highest BCUT2D eigenvalue weighted by Gasteiger charge is 2.17. The van der Waals surface area contributed by atoms with E-state index in [0.29, 0.717) is 22.0 Å². The van der Waals surface area contributed by atoms with Crippen molar-refractivity contribution in [2.75, 3.05) is 36.1 Å².